The Bertz CT molecular complexity index is 1500. The average molecular weight is 676 g/mol. The van der Waals surface area contributed by atoms with Gasteiger partial charge in [0.2, 0.25) is 5.91 Å². The van der Waals surface area contributed by atoms with Gasteiger partial charge in [0.1, 0.15) is 0 Å². The van der Waals surface area contributed by atoms with Gasteiger partial charge in [-0.3, -0.25) is 9.59 Å². The summed E-state index contributed by atoms with van der Waals surface area (Å²) in [6, 6.07) is 9.82. The average Bonchev–Trinajstić information content (AvgIpc) is 3.06. The Hall–Kier alpha value is -3.51. The SMILES string of the molecule is Nc1c(Cl)cc(C[C@@H](OC(=O)N2CCC3(CC2)CC(=O)Nc2ccccc23)C(=O)N2CCC(C3CCNCC3)CC2)cc1C(F)(F)F. The van der Waals surface area contributed by atoms with Crippen LogP contribution in [0.15, 0.2) is 36.4 Å². The van der Waals surface area contributed by atoms with Crippen molar-refractivity contribution in [3.05, 3.63) is 58.1 Å². The van der Waals surface area contributed by atoms with Gasteiger partial charge in [0.05, 0.1) is 16.3 Å². The van der Waals surface area contributed by atoms with Crippen LogP contribution < -0.4 is 16.4 Å². The first-order valence-corrected chi connectivity index (χ1v) is 16.8. The number of nitrogens with one attached hydrogen (secondary N) is 2. The molecular weight excluding hydrogens is 635 g/mol. The van der Waals surface area contributed by atoms with Gasteiger partial charge in [0.25, 0.3) is 5.91 Å². The van der Waals surface area contributed by atoms with Gasteiger partial charge in [-0.15, -0.1) is 0 Å². The number of nitrogen functional groups attached to an aromatic ring is 1. The molecule has 3 amide bonds. The molecule has 4 aliphatic rings. The Morgan fingerprint density at radius 3 is 2.34 bits per heavy atom. The van der Waals surface area contributed by atoms with Crippen LogP contribution in [0.3, 0.4) is 0 Å². The monoisotopic (exact) mass is 675 g/mol. The van der Waals surface area contributed by atoms with E-state index in [0.29, 0.717) is 57.3 Å². The molecule has 0 bridgehead atoms. The van der Waals surface area contributed by atoms with Crippen molar-refractivity contribution in [2.24, 2.45) is 11.8 Å². The molecule has 3 saturated heterocycles. The third-order valence-corrected chi connectivity index (χ3v) is 10.9. The predicted molar refractivity (Wildman–Crippen MR) is 172 cm³/mol. The smallest absolute Gasteiger partial charge is 0.418 e. The van der Waals surface area contributed by atoms with Crippen LogP contribution in [0.2, 0.25) is 5.02 Å². The molecule has 4 heterocycles. The normalized spacial score (nSPS) is 21.2. The minimum Gasteiger partial charge on any atom is -0.436 e. The van der Waals surface area contributed by atoms with Crippen LogP contribution in [-0.2, 0) is 32.3 Å². The number of halogens is 4. The number of alkyl halides is 3. The van der Waals surface area contributed by atoms with Crippen molar-refractivity contribution in [2.75, 3.05) is 50.3 Å². The number of carbonyl (C=O) groups is 3. The first kappa shape index (κ1) is 33.4. The molecule has 0 saturated carbocycles. The Labute approximate surface area is 277 Å². The second kappa shape index (κ2) is 13.5. The molecule has 0 aliphatic carbocycles. The predicted octanol–water partition coefficient (Wildman–Crippen LogP) is 5.60. The van der Waals surface area contributed by atoms with Crippen LogP contribution in [0.25, 0.3) is 0 Å². The molecule has 3 fully saturated rings. The first-order valence-electron chi connectivity index (χ1n) is 16.4. The highest BCUT2D eigenvalue weighted by molar-refractivity contribution is 6.33. The fourth-order valence-corrected chi connectivity index (χ4v) is 8.18. The third-order valence-electron chi connectivity index (χ3n) is 10.6. The first-order chi connectivity index (χ1) is 22.4. The van der Waals surface area contributed by atoms with Crippen LogP contribution in [0, 0.1) is 11.8 Å². The Morgan fingerprint density at radius 1 is 1.00 bits per heavy atom. The van der Waals surface area contributed by atoms with Crippen LogP contribution in [0.5, 0.6) is 0 Å². The van der Waals surface area contributed by atoms with E-state index in [1.807, 2.05) is 24.3 Å². The highest BCUT2D eigenvalue weighted by atomic mass is 35.5. The summed E-state index contributed by atoms with van der Waals surface area (Å²) in [4.78, 5) is 43.3. The Morgan fingerprint density at radius 2 is 1.66 bits per heavy atom. The highest BCUT2D eigenvalue weighted by Crippen LogP contribution is 2.45. The summed E-state index contributed by atoms with van der Waals surface area (Å²) in [6.07, 6.45) is -1.89. The molecule has 4 N–H and O–H groups in total. The molecule has 0 radical (unpaired) electrons. The topological polar surface area (TPSA) is 117 Å². The van der Waals surface area contributed by atoms with Gasteiger partial charge < -0.3 is 30.9 Å². The van der Waals surface area contributed by atoms with Crippen LogP contribution in [0.4, 0.5) is 29.3 Å². The van der Waals surface area contributed by atoms with E-state index in [0.717, 1.165) is 56.1 Å². The summed E-state index contributed by atoms with van der Waals surface area (Å²) in [5.41, 5.74) is 5.44. The van der Waals surface area contributed by atoms with Gasteiger partial charge in [-0.25, -0.2) is 4.79 Å². The van der Waals surface area contributed by atoms with Gasteiger partial charge >= 0.3 is 12.3 Å². The number of anilines is 2. The molecule has 1 spiro atoms. The second-order valence-electron chi connectivity index (χ2n) is 13.4. The van der Waals surface area contributed by atoms with E-state index in [-0.39, 0.29) is 22.9 Å². The van der Waals surface area contributed by atoms with E-state index in [2.05, 4.69) is 10.6 Å². The second-order valence-corrected chi connectivity index (χ2v) is 13.8. The van der Waals surface area contributed by atoms with Gasteiger partial charge in [-0.2, -0.15) is 13.2 Å². The van der Waals surface area contributed by atoms with Gasteiger partial charge in [0.15, 0.2) is 6.10 Å². The summed E-state index contributed by atoms with van der Waals surface area (Å²) < 4.78 is 47.2. The number of hydrogen-bond acceptors (Lipinski definition) is 6. The fourth-order valence-electron chi connectivity index (χ4n) is 7.94. The summed E-state index contributed by atoms with van der Waals surface area (Å²) in [7, 11) is 0. The molecule has 13 heteroatoms. The minimum atomic E-state index is -4.76. The van der Waals surface area contributed by atoms with Crippen molar-refractivity contribution in [2.45, 2.75) is 69.1 Å². The lowest BCUT2D eigenvalue weighted by Gasteiger charge is -2.44. The Kier molecular flexibility index (Phi) is 9.62. The zero-order chi connectivity index (χ0) is 33.3. The van der Waals surface area contributed by atoms with Crippen molar-refractivity contribution in [3.8, 4) is 0 Å². The molecule has 2 aromatic carbocycles. The molecule has 47 heavy (non-hydrogen) atoms. The zero-order valence-electron chi connectivity index (χ0n) is 26.2. The van der Waals surface area contributed by atoms with E-state index in [9.17, 15) is 27.6 Å². The molecule has 6 rings (SSSR count). The van der Waals surface area contributed by atoms with Gasteiger partial charge in [-0.05, 0) is 92.8 Å². The number of nitrogens with zero attached hydrogens (tertiary/aromatic N) is 2. The van der Waals surface area contributed by atoms with Gasteiger partial charge in [-0.1, -0.05) is 29.8 Å². The molecule has 0 unspecified atom stereocenters. The maximum atomic E-state index is 13.9. The number of nitrogens with two attached hydrogens (primary N) is 1. The van der Waals surface area contributed by atoms with Crippen molar-refractivity contribution < 1.29 is 32.3 Å². The Balaban J connectivity index is 1.18. The quantitative estimate of drug-likeness (QED) is 0.355. The van der Waals surface area contributed by atoms with Crippen molar-refractivity contribution in [1.82, 2.24) is 15.1 Å². The lowest BCUT2D eigenvalue weighted by atomic mass is 9.68. The standard InChI is InChI=1S/C34H41ClF3N5O4/c35-26-18-21(17-25(30(26)39)34(36,37)38)19-28(31(45)42-13-7-23(8-14-42)22-5-11-40-12-6-22)47-32(46)43-15-9-33(10-16-43)20-29(44)41-27-4-2-1-3-24(27)33/h1-4,17-18,22-23,28,40H,5-16,19-20,39H2,(H,41,44)/t28-/m1/s1. The lowest BCUT2D eigenvalue weighted by Crippen LogP contribution is -2.51. The maximum absolute atomic E-state index is 13.9. The van der Waals surface area contributed by atoms with Gasteiger partial charge in [0, 0.05) is 50.1 Å². The molecule has 254 valence electrons. The number of carbonyl (C=O) groups excluding carboxylic acids is 3. The number of benzene rings is 2. The van der Waals surface area contributed by atoms with E-state index in [1.165, 1.54) is 11.0 Å². The number of ether oxygens (including phenoxy) is 1. The maximum Gasteiger partial charge on any atom is 0.418 e. The van der Waals surface area contributed by atoms with E-state index < -0.39 is 40.9 Å². The number of piperidine rings is 3. The number of amides is 3. The van der Waals surface area contributed by atoms with Crippen molar-refractivity contribution in [3.63, 3.8) is 0 Å². The largest absolute Gasteiger partial charge is 0.436 e. The molecule has 4 aliphatic heterocycles. The number of rotatable bonds is 5. The fraction of sp³-hybridized carbons (Fsp3) is 0.559. The van der Waals surface area contributed by atoms with Crippen LogP contribution >= 0.6 is 11.6 Å². The molecule has 2 aromatic rings. The number of likely N-dealkylation sites (tertiary alicyclic amines) is 2. The van der Waals surface area contributed by atoms with E-state index in [4.69, 9.17) is 22.1 Å². The van der Waals surface area contributed by atoms with E-state index in [1.54, 1.807) is 4.90 Å². The number of hydrogen-bond donors (Lipinski definition) is 3. The number of para-hydroxylation sites is 1. The van der Waals surface area contributed by atoms with Crippen molar-refractivity contribution in [1.29, 1.82) is 0 Å². The molecular formula is C34H41ClF3N5O4. The molecule has 1 atom stereocenters. The zero-order valence-corrected chi connectivity index (χ0v) is 27.0. The summed E-state index contributed by atoms with van der Waals surface area (Å²) >= 11 is 6.10. The van der Waals surface area contributed by atoms with Crippen molar-refractivity contribution >= 4 is 40.9 Å². The highest BCUT2D eigenvalue weighted by Gasteiger charge is 2.44. The molecule has 9 nitrogen and oxygen atoms in total. The minimum absolute atomic E-state index is 0.0744. The third kappa shape index (κ3) is 7.18. The molecule has 0 aromatic heterocycles. The van der Waals surface area contributed by atoms with Crippen LogP contribution in [-0.4, -0.2) is 73.1 Å². The summed E-state index contributed by atoms with van der Waals surface area (Å²) in [5.74, 6) is 0.592. The lowest BCUT2D eigenvalue weighted by molar-refractivity contribution is -0.142. The van der Waals surface area contributed by atoms with E-state index >= 15 is 0 Å². The summed E-state index contributed by atoms with van der Waals surface area (Å²) in [6.45, 7) is 3.56. The number of fused-ring (bicyclic) bond motifs is 2. The summed E-state index contributed by atoms with van der Waals surface area (Å²) in [5, 5.41) is 6.02. The van der Waals surface area contributed by atoms with Crippen LogP contribution in [0.1, 0.15) is 61.6 Å².